The average Bonchev–Trinajstić information content (AvgIpc) is 2.79. The van der Waals surface area contributed by atoms with E-state index < -0.39 is 11.9 Å². The quantitative estimate of drug-likeness (QED) is 0.188. The van der Waals surface area contributed by atoms with Gasteiger partial charge in [-0.25, -0.2) is 9.59 Å². The molecule has 0 fully saturated rings. The van der Waals surface area contributed by atoms with Crippen molar-refractivity contribution >= 4 is 22.7 Å². The van der Waals surface area contributed by atoms with Crippen molar-refractivity contribution in [2.75, 3.05) is 13.2 Å². The van der Waals surface area contributed by atoms with E-state index in [0.717, 1.165) is 29.7 Å². The van der Waals surface area contributed by atoms with Crippen molar-refractivity contribution < 1.29 is 23.8 Å². The van der Waals surface area contributed by atoms with Crippen LogP contribution in [-0.4, -0.2) is 25.2 Å². The molecule has 0 aliphatic heterocycles. The van der Waals surface area contributed by atoms with Crippen LogP contribution in [0.3, 0.4) is 0 Å². The molecule has 0 heterocycles. The molecule has 0 spiro atoms. The first-order valence-corrected chi connectivity index (χ1v) is 10.4. The molecule has 160 valence electrons. The zero-order valence-corrected chi connectivity index (χ0v) is 17.6. The minimum Gasteiger partial charge on any atom is -0.493 e. The van der Waals surface area contributed by atoms with E-state index >= 15 is 0 Å². The SMILES string of the molecule is C=CC(=O)OCCCOc1ccc(C(=O)Oc2ccc3cc(CCC)ccc3c2)cc1. The van der Waals surface area contributed by atoms with Gasteiger partial charge in [0.1, 0.15) is 11.5 Å². The topological polar surface area (TPSA) is 61.8 Å². The van der Waals surface area contributed by atoms with E-state index in [-0.39, 0.29) is 6.61 Å². The summed E-state index contributed by atoms with van der Waals surface area (Å²) in [6.45, 7) is 6.16. The van der Waals surface area contributed by atoms with E-state index in [1.807, 2.05) is 18.2 Å². The highest BCUT2D eigenvalue weighted by Crippen LogP contribution is 2.24. The van der Waals surface area contributed by atoms with Gasteiger partial charge >= 0.3 is 11.9 Å². The fourth-order valence-corrected chi connectivity index (χ4v) is 3.11. The second kappa shape index (κ2) is 11.0. The van der Waals surface area contributed by atoms with Crippen molar-refractivity contribution in [3.8, 4) is 11.5 Å². The molecule has 0 radical (unpaired) electrons. The van der Waals surface area contributed by atoms with E-state index in [1.54, 1.807) is 24.3 Å². The Hall–Kier alpha value is -3.60. The van der Waals surface area contributed by atoms with Crippen LogP contribution in [0, 0.1) is 0 Å². The first kappa shape index (κ1) is 22.1. The minimum absolute atomic E-state index is 0.265. The van der Waals surface area contributed by atoms with Crippen LogP contribution in [-0.2, 0) is 16.0 Å². The Morgan fingerprint density at radius 1 is 0.903 bits per heavy atom. The maximum atomic E-state index is 12.5. The van der Waals surface area contributed by atoms with Gasteiger partial charge in [-0.15, -0.1) is 0 Å². The Kier molecular flexibility index (Phi) is 7.82. The Bertz CT molecular complexity index is 1050. The number of carbonyl (C=O) groups is 2. The van der Waals surface area contributed by atoms with Crippen molar-refractivity contribution in [3.05, 3.63) is 84.4 Å². The largest absolute Gasteiger partial charge is 0.493 e. The molecule has 3 aromatic carbocycles. The highest BCUT2D eigenvalue weighted by atomic mass is 16.5. The molecule has 3 rings (SSSR count). The molecule has 5 nitrogen and oxygen atoms in total. The molecular formula is C26H26O5. The fourth-order valence-electron chi connectivity index (χ4n) is 3.11. The standard InChI is InChI=1S/C26H26O5/c1-3-6-19-7-8-22-18-24(14-11-21(22)17-19)31-26(28)20-9-12-23(13-10-20)29-15-5-16-30-25(27)4-2/h4,7-14,17-18H,2-3,5-6,15-16H2,1H3. The summed E-state index contributed by atoms with van der Waals surface area (Å²) in [4.78, 5) is 23.4. The first-order valence-electron chi connectivity index (χ1n) is 10.4. The number of rotatable bonds is 10. The van der Waals surface area contributed by atoms with E-state index in [2.05, 4.69) is 31.7 Å². The number of benzene rings is 3. The zero-order valence-electron chi connectivity index (χ0n) is 17.6. The third kappa shape index (κ3) is 6.44. The van der Waals surface area contributed by atoms with Gasteiger partial charge in [-0.1, -0.05) is 44.2 Å². The lowest BCUT2D eigenvalue weighted by atomic mass is 10.0. The Balaban J connectivity index is 1.53. The van der Waals surface area contributed by atoms with Gasteiger partial charge in [-0.3, -0.25) is 0 Å². The van der Waals surface area contributed by atoms with Gasteiger partial charge in [-0.05, 0) is 59.2 Å². The van der Waals surface area contributed by atoms with Crippen LogP contribution in [0.1, 0.15) is 35.7 Å². The van der Waals surface area contributed by atoms with Crippen LogP contribution in [0.25, 0.3) is 10.8 Å². The maximum Gasteiger partial charge on any atom is 0.343 e. The normalized spacial score (nSPS) is 10.5. The van der Waals surface area contributed by atoms with Crippen LogP contribution in [0.5, 0.6) is 11.5 Å². The highest BCUT2D eigenvalue weighted by molar-refractivity contribution is 5.92. The molecule has 0 unspecified atom stereocenters. The monoisotopic (exact) mass is 418 g/mol. The summed E-state index contributed by atoms with van der Waals surface area (Å²) in [6.07, 6.45) is 3.84. The summed E-state index contributed by atoms with van der Waals surface area (Å²) in [5, 5.41) is 2.17. The molecule has 0 atom stereocenters. The molecule has 31 heavy (non-hydrogen) atoms. The van der Waals surface area contributed by atoms with Crippen molar-refractivity contribution in [3.63, 3.8) is 0 Å². The van der Waals surface area contributed by atoms with E-state index in [9.17, 15) is 9.59 Å². The molecule has 0 aliphatic carbocycles. The number of carbonyl (C=O) groups excluding carboxylic acids is 2. The molecule has 0 bridgehead atoms. The van der Waals surface area contributed by atoms with Gasteiger partial charge in [-0.2, -0.15) is 0 Å². The van der Waals surface area contributed by atoms with Crippen molar-refractivity contribution in [1.82, 2.24) is 0 Å². The van der Waals surface area contributed by atoms with Crippen LogP contribution in [0.2, 0.25) is 0 Å². The number of fused-ring (bicyclic) bond motifs is 1. The molecule has 0 saturated heterocycles. The predicted octanol–water partition coefficient (Wildman–Crippen LogP) is 5.51. The molecule has 0 aliphatic rings. The van der Waals surface area contributed by atoms with Crippen LogP contribution < -0.4 is 9.47 Å². The molecule has 0 N–H and O–H groups in total. The number of esters is 2. The average molecular weight is 418 g/mol. The lowest BCUT2D eigenvalue weighted by Crippen LogP contribution is -2.09. The Morgan fingerprint density at radius 3 is 2.35 bits per heavy atom. The zero-order chi connectivity index (χ0) is 22.1. The van der Waals surface area contributed by atoms with Gasteiger partial charge in [0.15, 0.2) is 0 Å². The summed E-state index contributed by atoms with van der Waals surface area (Å²) < 4.78 is 16.0. The van der Waals surface area contributed by atoms with Gasteiger partial charge in [0.05, 0.1) is 18.8 Å². The molecular weight excluding hydrogens is 392 g/mol. The maximum absolute atomic E-state index is 12.5. The van der Waals surface area contributed by atoms with E-state index in [1.165, 1.54) is 5.56 Å². The third-order valence-electron chi connectivity index (χ3n) is 4.68. The highest BCUT2D eigenvalue weighted by Gasteiger charge is 2.10. The lowest BCUT2D eigenvalue weighted by Gasteiger charge is -2.09. The molecule has 0 aromatic heterocycles. The summed E-state index contributed by atoms with van der Waals surface area (Å²) in [6, 6.07) is 18.7. The second-order valence-electron chi connectivity index (χ2n) is 7.08. The van der Waals surface area contributed by atoms with Gasteiger partial charge < -0.3 is 14.2 Å². The summed E-state index contributed by atoms with van der Waals surface area (Å²) >= 11 is 0. The fraction of sp³-hybridized carbons (Fsp3) is 0.231. The Labute approximate surface area is 182 Å². The van der Waals surface area contributed by atoms with Gasteiger partial charge in [0.25, 0.3) is 0 Å². The summed E-state index contributed by atoms with van der Waals surface area (Å²) in [5.41, 5.74) is 1.74. The number of aryl methyl sites for hydroxylation is 1. The molecule has 0 saturated carbocycles. The first-order chi connectivity index (χ1) is 15.1. The minimum atomic E-state index is -0.449. The molecule has 3 aromatic rings. The van der Waals surface area contributed by atoms with Crippen LogP contribution in [0.4, 0.5) is 0 Å². The molecule has 5 heteroatoms. The summed E-state index contributed by atoms with van der Waals surface area (Å²) in [5.74, 6) is 0.260. The Morgan fingerprint density at radius 2 is 1.61 bits per heavy atom. The van der Waals surface area contributed by atoms with Gasteiger partial charge in [0.2, 0.25) is 0 Å². The number of ether oxygens (including phenoxy) is 3. The molecule has 0 amide bonds. The number of hydrogen-bond donors (Lipinski definition) is 0. The summed E-state index contributed by atoms with van der Waals surface area (Å²) in [7, 11) is 0. The smallest absolute Gasteiger partial charge is 0.343 e. The second-order valence-corrected chi connectivity index (χ2v) is 7.08. The predicted molar refractivity (Wildman–Crippen MR) is 121 cm³/mol. The lowest BCUT2D eigenvalue weighted by molar-refractivity contribution is -0.137. The van der Waals surface area contributed by atoms with Crippen molar-refractivity contribution in [2.45, 2.75) is 26.2 Å². The van der Waals surface area contributed by atoms with Crippen LogP contribution in [0.15, 0.2) is 73.3 Å². The van der Waals surface area contributed by atoms with Gasteiger partial charge in [0, 0.05) is 12.5 Å². The number of hydrogen-bond acceptors (Lipinski definition) is 5. The van der Waals surface area contributed by atoms with Crippen molar-refractivity contribution in [1.29, 1.82) is 0 Å². The van der Waals surface area contributed by atoms with Crippen LogP contribution >= 0.6 is 0 Å². The van der Waals surface area contributed by atoms with Crippen molar-refractivity contribution in [2.24, 2.45) is 0 Å². The van der Waals surface area contributed by atoms with E-state index in [0.29, 0.717) is 30.1 Å². The van der Waals surface area contributed by atoms with E-state index in [4.69, 9.17) is 14.2 Å². The third-order valence-corrected chi connectivity index (χ3v) is 4.68.